The van der Waals surface area contributed by atoms with Crippen molar-refractivity contribution in [1.82, 2.24) is 19.9 Å². The molecule has 5 rings (SSSR count). The Bertz CT molecular complexity index is 2060. The Kier molecular flexibility index (Phi) is 10.1. The topological polar surface area (TPSA) is 136 Å². The second-order valence-corrected chi connectivity index (χ2v) is 12.0. The van der Waals surface area contributed by atoms with Gasteiger partial charge in [-0.2, -0.15) is 0 Å². The van der Waals surface area contributed by atoms with Gasteiger partial charge >= 0.3 is 17.9 Å². The Hall–Kier alpha value is -5.25. The summed E-state index contributed by atoms with van der Waals surface area (Å²) in [4.78, 5) is 53.9. The second-order valence-electron chi connectivity index (χ2n) is 12.0. The third kappa shape index (κ3) is 6.74. The smallest absolute Gasteiger partial charge is 0.305 e. The van der Waals surface area contributed by atoms with E-state index in [0.717, 1.165) is 83.7 Å². The van der Waals surface area contributed by atoms with Gasteiger partial charge in [0.05, 0.1) is 44.1 Å². The summed E-state index contributed by atoms with van der Waals surface area (Å²) < 4.78 is 14.8. The number of fused-ring (bicyclic) bond motifs is 8. The SMILES string of the molecule is C=Cc1c(C)c2cc3nc(cc4nc(cc5[nH]c(cc1[nH]2)c(C)c5CCC(=O)OC)C(CCC(=O)OC)=C4C)C(C)=C3CCC(=O)OC. The molecule has 5 heterocycles. The lowest BCUT2D eigenvalue weighted by Crippen LogP contribution is -2.02. The fourth-order valence-corrected chi connectivity index (χ4v) is 6.38. The first-order valence-electron chi connectivity index (χ1n) is 16.0. The Morgan fingerprint density at radius 3 is 1.58 bits per heavy atom. The molecule has 2 aliphatic rings. The largest absolute Gasteiger partial charge is 0.469 e. The molecule has 0 spiro atoms. The summed E-state index contributed by atoms with van der Waals surface area (Å²) in [5, 5.41) is 0. The summed E-state index contributed by atoms with van der Waals surface area (Å²) in [5.74, 6) is -0.887. The van der Waals surface area contributed by atoms with Crippen LogP contribution in [0.3, 0.4) is 0 Å². The quantitative estimate of drug-likeness (QED) is 0.171. The summed E-state index contributed by atoms with van der Waals surface area (Å²) >= 11 is 0. The average molecular weight is 651 g/mol. The number of nitrogens with one attached hydrogen (secondary N) is 2. The minimum absolute atomic E-state index is 0.199. The maximum atomic E-state index is 12.2. The highest BCUT2D eigenvalue weighted by Crippen LogP contribution is 2.38. The number of carbonyl (C=O) groups excluding carboxylic acids is 3. The lowest BCUT2D eigenvalue weighted by atomic mass is 9.99. The van der Waals surface area contributed by atoms with Crippen molar-refractivity contribution >= 4 is 68.3 Å². The average Bonchev–Trinajstić information content (AvgIpc) is 3.74. The lowest BCUT2D eigenvalue weighted by molar-refractivity contribution is -0.141. The molecule has 0 radical (unpaired) electrons. The summed E-state index contributed by atoms with van der Waals surface area (Å²) in [6.45, 7) is 12.2. The van der Waals surface area contributed by atoms with E-state index in [-0.39, 0.29) is 37.2 Å². The molecular weight excluding hydrogens is 608 g/mol. The number of H-pyrrole nitrogens is 2. The number of ether oxygens (including phenoxy) is 3. The number of methoxy groups -OCH3 is 3. The molecular formula is C38H42N4O6. The van der Waals surface area contributed by atoms with Crippen LogP contribution in [0.25, 0.3) is 50.4 Å². The molecule has 0 saturated carbocycles. The van der Waals surface area contributed by atoms with Crippen LogP contribution in [0.15, 0.2) is 30.8 Å². The summed E-state index contributed by atoms with van der Waals surface area (Å²) in [5.41, 5.74) is 14.1. The fraction of sp³-hybridized carbons (Fsp3) is 0.342. The molecule has 8 bridgehead atoms. The molecule has 10 nitrogen and oxygen atoms in total. The number of esters is 3. The number of aromatic nitrogens is 4. The van der Waals surface area contributed by atoms with Crippen molar-refractivity contribution in [3.05, 3.63) is 75.9 Å². The Labute approximate surface area is 280 Å². The molecule has 250 valence electrons. The van der Waals surface area contributed by atoms with E-state index in [1.165, 1.54) is 21.3 Å². The van der Waals surface area contributed by atoms with Crippen LogP contribution >= 0.6 is 0 Å². The van der Waals surface area contributed by atoms with Crippen molar-refractivity contribution in [2.24, 2.45) is 0 Å². The van der Waals surface area contributed by atoms with Gasteiger partial charge in [0.15, 0.2) is 0 Å². The van der Waals surface area contributed by atoms with Crippen LogP contribution < -0.4 is 0 Å². The van der Waals surface area contributed by atoms with E-state index >= 15 is 0 Å². The predicted molar refractivity (Wildman–Crippen MR) is 188 cm³/mol. The first-order valence-corrected chi connectivity index (χ1v) is 16.0. The monoisotopic (exact) mass is 650 g/mol. The molecule has 0 amide bonds. The third-order valence-corrected chi connectivity index (χ3v) is 9.34. The van der Waals surface area contributed by atoms with Crippen molar-refractivity contribution in [1.29, 1.82) is 0 Å². The molecule has 2 aliphatic heterocycles. The lowest BCUT2D eigenvalue weighted by Gasteiger charge is -2.05. The van der Waals surface area contributed by atoms with Gasteiger partial charge in [-0.1, -0.05) is 12.7 Å². The highest BCUT2D eigenvalue weighted by atomic mass is 16.5. The van der Waals surface area contributed by atoms with Crippen LogP contribution in [-0.2, 0) is 35.0 Å². The van der Waals surface area contributed by atoms with Crippen molar-refractivity contribution in [2.45, 2.75) is 66.2 Å². The van der Waals surface area contributed by atoms with E-state index in [4.69, 9.17) is 24.2 Å². The maximum absolute atomic E-state index is 12.2. The highest BCUT2D eigenvalue weighted by molar-refractivity contribution is 5.96. The molecule has 0 aliphatic carbocycles. The number of nitrogens with zero attached hydrogens (tertiary/aromatic N) is 2. The highest BCUT2D eigenvalue weighted by Gasteiger charge is 2.23. The zero-order valence-corrected chi connectivity index (χ0v) is 28.7. The number of aromatic amines is 2. The Morgan fingerprint density at radius 1 is 0.625 bits per heavy atom. The van der Waals surface area contributed by atoms with Gasteiger partial charge in [0.25, 0.3) is 0 Å². The van der Waals surface area contributed by atoms with E-state index in [2.05, 4.69) is 22.6 Å². The number of rotatable bonds is 10. The summed E-state index contributed by atoms with van der Waals surface area (Å²) in [7, 11) is 4.16. The van der Waals surface area contributed by atoms with Crippen LogP contribution in [0, 0.1) is 13.8 Å². The molecule has 10 heteroatoms. The number of carbonyl (C=O) groups is 3. The molecule has 2 N–H and O–H groups in total. The van der Waals surface area contributed by atoms with Gasteiger partial charge in [0.2, 0.25) is 0 Å². The van der Waals surface area contributed by atoms with Crippen LogP contribution in [0.4, 0.5) is 0 Å². The molecule has 0 unspecified atom stereocenters. The molecule has 3 aromatic rings. The first-order chi connectivity index (χ1) is 23.0. The minimum atomic E-state index is -0.306. The molecule has 0 atom stereocenters. The van der Waals surface area contributed by atoms with E-state index < -0.39 is 0 Å². The van der Waals surface area contributed by atoms with Crippen molar-refractivity contribution in [3.8, 4) is 0 Å². The number of hydrogen-bond acceptors (Lipinski definition) is 8. The number of hydrogen-bond donors (Lipinski definition) is 2. The Morgan fingerprint density at radius 2 is 1.08 bits per heavy atom. The van der Waals surface area contributed by atoms with Crippen LogP contribution in [-0.4, -0.2) is 59.2 Å². The van der Waals surface area contributed by atoms with Crippen LogP contribution in [0.1, 0.15) is 91.0 Å². The Balaban J connectivity index is 1.87. The van der Waals surface area contributed by atoms with Gasteiger partial charge in [0.1, 0.15) is 0 Å². The predicted octanol–water partition coefficient (Wildman–Crippen LogP) is 7.45. The normalized spacial score (nSPS) is 12.7. The van der Waals surface area contributed by atoms with Gasteiger partial charge in [-0.25, -0.2) is 9.97 Å². The van der Waals surface area contributed by atoms with Gasteiger partial charge in [0, 0.05) is 46.9 Å². The van der Waals surface area contributed by atoms with Gasteiger partial charge in [-0.15, -0.1) is 0 Å². The van der Waals surface area contributed by atoms with Crippen molar-refractivity contribution in [3.63, 3.8) is 0 Å². The van der Waals surface area contributed by atoms with E-state index in [9.17, 15) is 14.4 Å². The van der Waals surface area contributed by atoms with Gasteiger partial charge < -0.3 is 24.2 Å². The number of aryl methyl sites for hydroxylation is 3. The van der Waals surface area contributed by atoms with E-state index in [0.29, 0.717) is 25.0 Å². The fourth-order valence-electron chi connectivity index (χ4n) is 6.38. The third-order valence-electron chi connectivity index (χ3n) is 9.34. The molecule has 3 aromatic heterocycles. The van der Waals surface area contributed by atoms with Crippen molar-refractivity contribution < 1.29 is 28.6 Å². The minimum Gasteiger partial charge on any atom is -0.469 e. The zero-order valence-electron chi connectivity index (χ0n) is 28.7. The zero-order chi connectivity index (χ0) is 34.7. The van der Waals surface area contributed by atoms with Crippen LogP contribution in [0.2, 0.25) is 0 Å². The number of allylic oxidation sites excluding steroid dienone is 4. The molecule has 0 aromatic carbocycles. The first kappa shape index (κ1) is 34.1. The van der Waals surface area contributed by atoms with Crippen molar-refractivity contribution in [2.75, 3.05) is 21.3 Å². The summed E-state index contributed by atoms with van der Waals surface area (Å²) in [6.07, 6.45) is 3.84. The molecule has 48 heavy (non-hydrogen) atoms. The molecule has 0 saturated heterocycles. The standard InChI is InChI=1S/C38H42N4O6/c1-9-24-20(2)30-18-33-25(10-13-36(43)46-6)21(3)28(40-33)16-29-22(4)26(11-14-37(44)47-7)34(41-29)19-35-27(12-15-38(45)48-8)23(5)31(42-35)17-32(24)39-30/h9,16-19,39,42H,1,10-15H2,2-8H3. The van der Waals surface area contributed by atoms with E-state index in [1.807, 2.05) is 52.0 Å². The molecule has 0 fully saturated rings. The van der Waals surface area contributed by atoms with Gasteiger partial charge in [-0.3, -0.25) is 14.4 Å². The second kappa shape index (κ2) is 14.3. The summed E-state index contributed by atoms with van der Waals surface area (Å²) in [6, 6.07) is 8.03. The van der Waals surface area contributed by atoms with Crippen LogP contribution in [0.5, 0.6) is 0 Å². The van der Waals surface area contributed by atoms with E-state index in [1.54, 1.807) is 0 Å². The van der Waals surface area contributed by atoms with Gasteiger partial charge in [-0.05, 0) is 110 Å². The maximum Gasteiger partial charge on any atom is 0.305 e.